The Morgan fingerprint density at radius 2 is 1.80 bits per heavy atom. The van der Waals surface area contributed by atoms with Gasteiger partial charge in [0.15, 0.2) is 6.61 Å². The van der Waals surface area contributed by atoms with Gasteiger partial charge < -0.3 is 15.4 Å². The zero-order valence-electron chi connectivity index (χ0n) is 17.8. The summed E-state index contributed by atoms with van der Waals surface area (Å²) < 4.78 is 5.51. The van der Waals surface area contributed by atoms with Gasteiger partial charge in [-0.15, -0.1) is 0 Å². The van der Waals surface area contributed by atoms with E-state index >= 15 is 0 Å². The summed E-state index contributed by atoms with van der Waals surface area (Å²) in [7, 11) is 0. The number of amides is 2. The molecule has 1 aromatic carbocycles. The van der Waals surface area contributed by atoms with Gasteiger partial charge in [-0.1, -0.05) is 17.7 Å². The second-order valence-corrected chi connectivity index (χ2v) is 10.2. The van der Waals surface area contributed by atoms with Crippen LogP contribution in [0.25, 0.3) is 0 Å². The molecule has 2 amide bonds. The van der Waals surface area contributed by atoms with E-state index in [0.29, 0.717) is 29.0 Å². The fourth-order valence-corrected chi connectivity index (χ4v) is 6.92. The minimum Gasteiger partial charge on any atom is -0.455 e. The molecule has 0 aliphatic heterocycles. The monoisotopic (exact) mass is 432 g/mol. The van der Waals surface area contributed by atoms with Crippen LogP contribution in [0, 0.1) is 31.1 Å². The standard InChI is InChI=1S/C23H29ClN2O4/c1-13-4-14(2)20(18(24)5-13)25-19(28)11-30-21(29)22-7-16-6-17(8-22)10-23(9-16,12-22)26-15(3)27/h4-5,16-17H,6-12H2,1-3H3,(H,25,28)(H,26,27)/t16-,17-,22?,23?/m0/s1. The number of benzene rings is 1. The number of rotatable bonds is 5. The molecule has 4 bridgehead atoms. The van der Waals surface area contributed by atoms with Gasteiger partial charge >= 0.3 is 5.97 Å². The van der Waals surface area contributed by atoms with Gasteiger partial charge in [-0.25, -0.2) is 0 Å². The van der Waals surface area contributed by atoms with Crippen molar-refractivity contribution >= 4 is 35.1 Å². The number of carbonyl (C=O) groups excluding carboxylic acids is 3. The fraction of sp³-hybridized carbons (Fsp3) is 0.609. The maximum absolute atomic E-state index is 13.1. The Morgan fingerprint density at radius 1 is 1.13 bits per heavy atom. The predicted molar refractivity (Wildman–Crippen MR) is 114 cm³/mol. The highest BCUT2D eigenvalue weighted by Gasteiger charge is 2.61. The summed E-state index contributed by atoms with van der Waals surface area (Å²) in [5.41, 5.74) is 1.52. The Kier molecular flexibility index (Phi) is 5.33. The van der Waals surface area contributed by atoms with E-state index in [1.165, 1.54) is 6.92 Å². The molecule has 0 heterocycles. The van der Waals surface area contributed by atoms with Gasteiger partial charge in [0.1, 0.15) is 0 Å². The van der Waals surface area contributed by atoms with Crippen molar-refractivity contribution in [2.24, 2.45) is 17.3 Å². The molecule has 0 aromatic heterocycles. The number of halogens is 1. The van der Waals surface area contributed by atoms with Crippen molar-refractivity contribution in [3.8, 4) is 0 Å². The summed E-state index contributed by atoms with van der Waals surface area (Å²) in [6.07, 6.45) is 5.16. The zero-order chi connectivity index (χ0) is 21.7. The van der Waals surface area contributed by atoms with Gasteiger partial charge in [0.2, 0.25) is 5.91 Å². The van der Waals surface area contributed by atoms with Crippen LogP contribution in [0.2, 0.25) is 5.02 Å². The molecule has 4 saturated carbocycles. The van der Waals surface area contributed by atoms with E-state index in [4.69, 9.17) is 16.3 Å². The first-order valence-corrected chi connectivity index (χ1v) is 11.0. The fourth-order valence-electron chi connectivity index (χ4n) is 6.55. The highest BCUT2D eigenvalue weighted by atomic mass is 35.5. The Labute approximate surface area is 182 Å². The molecule has 2 N–H and O–H groups in total. The summed E-state index contributed by atoms with van der Waals surface area (Å²) in [5, 5.41) is 6.37. The van der Waals surface area contributed by atoms with E-state index in [2.05, 4.69) is 10.6 Å². The number of esters is 1. The van der Waals surface area contributed by atoms with Gasteiger partial charge in [-0.3, -0.25) is 14.4 Å². The normalized spacial score (nSPS) is 31.3. The third kappa shape index (κ3) is 3.94. The molecule has 30 heavy (non-hydrogen) atoms. The minimum absolute atomic E-state index is 0.0507. The van der Waals surface area contributed by atoms with Crippen molar-refractivity contribution in [3.63, 3.8) is 0 Å². The van der Waals surface area contributed by atoms with Crippen molar-refractivity contribution in [1.82, 2.24) is 5.32 Å². The Balaban J connectivity index is 1.42. The molecule has 4 aliphatic rings. The lowest BCUT2D eigenvalue weighted by Gasteiger charge is -2.60. The number of aryl methyl sites for hydroxylation is 2. The van der Waals surface area contributed by atoms with Crippen LogP contribution in [-0.4, -0.2) is 29.9 Å². The highest BCUT2D eigenvalue weighted by Crippen LogP contribution is 2.62. The Morgan fingerprint density at radius 3 is 2.40 bits per heavy atom. The average Bonchev–Trinajstić information content (AvgIpc) is 2.60. The third-order valence-electron chi connectivity index (χ3n) is 6.97. The molecule has 0 unspecified atom stereocenters. The van der Waals surface area contributed by atoms with E-state index < -0.39 is 11.3 Å². The van der Waals surface area contributed by atoms with E-state index in [1.54, 1.807) is 6.07 Å². The topological polar surface area (TPSA) is 84.5 Å². The lowest BCUT2D eigenvalue weighted by atomic mass is 9.47. The van der Waals surface area contributed by atoms with Crippen LogP contribution in [0.4, 0.5) is 5.69 Å². The highest BCUT2D eigenvalue weighted by molar-refractivity contribution is 6.34. The van der Waals surface area contributed by atoms with E-state index in [0.717, 1.165) is 43.2 Å². The van der Waals surface area contributed by atoms with Crippen molar-refractivity contribution in [3.05, 3.63) is 28.3 Å². The molecule has 2 atom stereocenters. The van der Waals surface area contributed by atoms with Crippen molar-refractivity contribution < 1.29 is 19.1 Å². The van der Waals surface area contributed by atoms with E-state index in [1.807, 2.05) is 19.9 Å². The van der Waals surface area contributed by atoms with Crippen LogP contribution in [0.1, 0.15) is 56.6 Å². The summed E-state index contributed by atoms with van der Waals surface area (Å²) in [5.74, 6) is 0.0823. The third-order valence-corrected chi connectivity index (χ3v) is 7.26. The molecular formula is C23H29ClN2O4. The number of anilines is 1. The Hall–Kier alpha value is -2.08. The molecule has 162 valence electrons. The molecule has 1 aromatic rings. The second-order valence-electron chi connectivity index (χ2n) is 9.77. The molecule has 7 heteroatoms. The maximum Gasteiger partial charge on any atom is 0.312 e. The van der Waals surface area contributed by atoms with Crippen molar-refractivity contribution in [1.29, 1.82) is 0 Å². The molecule has 4 aliphatic carbocycles. The van der Waals surface area contributed by atoms with Gasteiger partial charge in [-0.2, -0.15) is 0 Å². The SMILES string of the molecule is CC(=O)NC12C[C@H]3C[C@H](C1)CC(C(=O)OCC(=O)Nc1c(C)cc(C)cc1Cl)(C3)C2. The molecule has 0 saturated heterocycles. The van der Waals surface area contributed by atoms with Crippen molar-refractivity contribution in [2.45, 2.75) is 64.8 Å². The van der Waals surface area contributed by atoms with Gasteiger partial charge in [0.25, 0.3) is 5.91 Å². The number of ether oxygens (including phenoxy) is 1. The van der Waals surface area contributed by atoms with Gasteiger partial charge in [0.05, 0.1) is 16.1 Å². The van der Waals surface area contributed by atoms with E-state index in [-0.39, 0.29) is 24.0 Å². The van der Waals surface area contributed by atoms with Crippen LogP contribution in [0.3, 0.4) is 0 Å². The molecule has 6 nitrogen and oxygen atoms in total. The molecule has 0 radical (unpaired) electrons. The summed E-state index contributed by atoms with van der Waals surface area (Å²) >= 11 is 6.25. The number of carbonyl (C=O) groups is 3. The van der Waals surface area contributed by atoms with Crippen molar-refractivity contribution in [2.75, 3.05) is 11.9 Å². The molecule has 5 rings (SSSR count). The van der Waals surface area contributed by atoms with Crippen LogP contribution in [0.15, 0.2) is 12.1 Å². The van der Waals surface area contributed by atoms with Crippen LogP contribution >= 0.6 is 11.6 Å². The number of hydrogen-bond donors (Lipinski definition) is 2. The minimum atomic E-state index is -0.593. The van der Waals surface area contributed by atoms with E-state index in [9.17, 15) is 14.4 Å². The summed E-state index contributed by atoms with van der Waals surface area (Å²) in [6.45, 7) is 5.00. The van der Waals surface area contributed by atoms with Crippen LogP contribution < -0.4 is 10.6 Å². The summed E-state index contributed by atoms with van der Waals surface area (Å²) in [6, 6.07) is 3.72. The quantitative estimate of drug-likeness (QED) is 0.691. The second kappa shape index (κ2) is 7.56. The lowest BCUT2D eigenvalue weighted by Crippen LogP contribution is -2.64. The molecule has 0 spiro atoms. The summed E-state index contributed by atoms with van der Waals surface area (Å²) in [4.78, 5) is 37.3. The van der Waals surface area contributed by atoms with Gasteiger partial charge in [-0.05, 0) is 81.4 Å². The Bertz CT molecular complexity index is 875. The predicted octanol–water partition coefficient (Wildman–Crippen LogP) is 3.91. The average molecular weight is 433 g/mol. The smallest absolute Gasteiger partial charge is 0.312 e. The molecular weight excluding hydrogens is 404 g/mol. The zero-order valence-corrected chi connectivity index (χ0v) is 18.5. The molecule has 4 fully saturated rings. The largest absolute Gasteiger partial charge is 0.455 e. The first kappa shape index (κ1) is 21.2. The van der Waals surface area contributed by atoms with Crippen LogP contribution in [-0.2, 0) is 19.1 Å². The van der Waals surface area contributed by atoms with Gasteiger partial charge in [0, 0.05) is 12.5 Å². The lowest BCUT2D eigenvalue weighted by molar-refractivity contribution is -0.176. The van der Waals surface area contributed by atoms with Crippen LogP contribution in [0.5, 0.6) is 0 Å². The first-order valence-electron chi connectivity index (χ1n) is 10.6. The number of nitrogens with one attached hydrogen (secondary N) is 2. The first-order chi connectivity index (χ1) is 14.1. The maximum atomic E-state index is 13.1. The number of hydrogen-bond acceptors (Lipinski definition) is 4.